The van der Waals surface area contributed by atoms with Gasteiger partial charge in [-0.05, 0) is 65.2 Å². The number of allylic oxidation sites excluding steroid dienone is 4. The Balaban J connectivity index is 1.96. The second-order valence-corrected chi connectivity index (χ2v) is 6.82. The van der Waals surface area contributed by atoms with E-state index in [0.717, 1.165) is 16.8 Å². The summed E-state index contributed by atoms with van der Waals surface area (Å²) < 4.78 is 6.45. The summed E-state index contributed by atoms with van der Waals surface area (Å²) in [5.41, 5.74) is 15.6. The number of nitrogens with zero attached hydrogens (tertiary/aromatic N) is 4. The van der Waals surface area contributed by atoms with Crippen molar-refractivity contribution in [2.75, 3.05) is 11.5 Å². The summed E-state index contributed by atoms with van der Waals surface area (Å²) in [4.78, 5) is 13.0. The van der Waals surface area contributed by atoms with Crippen LogP contribution in [0.2, 0.25) is 0 Å². The van der Waals surface area contributed by atoms with Crippen molar-refractivity contribution in [3.05, 3.63) is 51.5 Å². The first-order chi connectivity index (χ1) is 12.9. The van der Waals surface area contributed by atoms with E-state index in [0.29, 0.717) is 27.9 Å². The maximum absolute atomic E-state index is 8.89. The number of nitrogens with two attached hydrogens (primary N) is 2. The van der Waals surface area contributed by atoms with Gasteiger partial charge < -0.3 is 16.2 Å². The molecule has 1 aromatic heterocycles. The summed E-state index contributed by atoms with van der Waals surface area (Å²) in [6.45, 7) is 3.81. The molecule has 0 atom stereocenters. The molecule has 1 heterocycles. The van der Waals surface area contributed by atoms with E-state index in [9.17, 15) is 0 Å². The summed E-state index contributed by atoms with van der Waals surface area (Å²) in [6, 6.07) is 5.74. The number of halogens is 1. The fourth-order valence-corrected chi connectivity index (χ4v) is 2.88. The number of aromatic nitrogens is 2. The highest BCUT2D eigenvalue weighted by Crippen LogP contribution is 2.36. The van der Waals surface area contributed by atoms with Crippen molar-refractivity contribution >= 4 is 39.1 Å². The van der Waals surface area contributed by atoms with Gasteiger partial charge in [-0.3, -0.25) is 0 Å². The fourth-order valence-electron chi connectivity index (χ4n) is 2.62. The van der Waals surface area contributed by atoms with E-state index in [1.807, 2.05) is 26.0 Å². The lowest BCUT2D eigenvalue weighted by atomic mass is 10.1. The van der Waals surface area contributed by atoms with Crippen LogP contribution in [0.3, 0.4) is 0 Å². The predicted octanol–water partition coefficient (Wildman–Crippen LogP) is 4.30. The smallest absolute Gasteiger partial charge is 0.254 e. The van der Waals surface area contributed by atoms with E-state index >= 15 is 0 Å². The Morgan fingerprint density at radius 2 is 1.89 bits per heavy atom. The molecule has 8 heteroatoms. The van der Waals surface area contributed by atoms with Crippen LogP contribution in [0.15, 0.2) is 45.4 Å². The summed E-state index contributed by atoms with van der Waals surface area (Å²) >= 11 is 3.37. The van der Waals surface area contributed by atoms with Crippen LogP contribution >= 0.6 is 15.9 Å². The summed E-state index contributed by atoms with van der Waals surface area (Å²) in [5, 5.41) is 8.89. The van der Waals surface area contributed by atoms with Gasteiger partial charge in [-0.2, -0.15) is 15.2 Å². The number of benzene rings is 1. The van der Waals surface area contributed by atoms with Crippen molar-refractivity contribution < 1.29 is 4.74 Å². The number of hydrogen-bond donors (Lipinski definition) is 2. The monoisotopic (exact) mass is 424 g/mol. The lowest BCUT2D eigenvalue weighted by molar-refractivity contribution is 0.452. The van der Waals surface area contributed by atoms with Crippen LogP contribution < -0.4 is 16.2 Å². The minimum Gasteiger partial charge on any atom is -0.437 e. The van der Waals surface area contributed by atoms with Crippen LogP contribution in [0.4, 0.5) is 17.5 Å². The molecule has 3 rings (SSSR count). The summed E-state index contributed by atoms with van der Waals surface area (Å²) in [6.07, 6.45) is 5.77. The fraction of sp³-hybridized carbons (Fsp3) is 0.158. The number of nitrogen functional groups attached to an aromatic ring is 2. The minimum atomic E-state index is 0.185. The van der Waals surface area contributed by atoms with Gasteiger partial charge in [-0.1, -0.05) is 6.08 Å². The number of rotatable bonds is 3. The van der Waals surface area contributed by atoms with Crippen molar-refractivity contribution in [1.82, 2.24) is 9.97 Å². The number of anilines is 2. The van der Waals surface area contributed by atoms with Crippen LogP contribution in [0, 0.1) is 25.2 Å². The molecule has 0 bridgehead atoms. The molecule has 4 N–H and O–H groups in total. The molecule has 0 aliphatic heterocycles. The van der Waals surface area contributed by atoms with Crippen molar-refractivity contribution in [3.8, 4) is 17.7 Å². The van der Waals surface area contributed by atoms with Crippen molar-refractivity contribution in [2.24, 2.45) is 4.99 Å². The van der Waals surface area contributed by atoms with Gasteiger partial charge in [0.05, 0.1) is 6.07 Å². The Morgan fingerprint density at radius 3 is 2.48 bits per heavy atom. The van der Waals surface area contributed by atoms with E-state index in [1.165, 1.54) is 0 Å². The largest absolute Gasteiger partial charge is 0.437 e. The Labute approximate surface area is 165 Å². The Bertz CT molecular complexity index is 1030. The zero-order valence-electron chi connectivity index (χ0n) is 14.8. The third-order valence-corrected chi connectivity index (χ3v) is 4.62. The average molecular weight is 425 g/mol. The zero-order chi connectivity index (χ0) is 19.6. The lowest BCUT2D eigenvalue weighted by Crippen LogP contribution is -2.02. The van der Waals surface area contributed by atoms with Crippen LogP contribution in [0.1, 0.15) is 17.5 Å². The third-order valence-electron chi connectivity index (χ3n) is 3.88. The molecular weight excluding hydrogens is 408 g/mol. The van der Waals surface area contributed by atoms with Crippen LogP contribution in [0.25, 0.3) is 0 Å². The molecule has 1 aliphatic rings. The number of hydrogen-bond acceptors (Lipinski definition) is 7. The molecule has 0 saturated heterocycles. The Morgan fingerprint density at radius 1 is 1.19 bits per heavy atom. The topological polar surface area (TPSA) is 123 Å². The van der Waals surface area contributed by atoms with Gasteiger partial charge in [0, 0.05) is 23.4 Å². The molecule has 27 heavy (non-hydrogen) atoms. The van der Waals surface area contributed by atoms with E-state index < -0.39 is 0 Å². The summed E-state index contributed by atoms with van der Waals surface area (Å²) in [5.74, 6) is 1.33. The average Bonchev–Trinajstić information content (AvgIpc) is 2.62. The highest BCUT2D eigenvalue weighted by atomic mass is 79.9. The number of aliphatic imine (C=N–C) groups is 1. The second-order valence-electron chi connectivity index (χ2n) is 6.03. The molecule has 0 saturated carbocycles. The highest BCUT2D eigenvalue weighted by Gasteiger charge is 2.15. The molecule has 0 fully saturated rings. The molecular formula is C19H17BrN6O. The van der Waals surface area contributed by atoms with Gasteiger partial charge in [-0.25, -0.2) is 4.99 Å². The van der Waals surface area contributed by atoms with E-state index in [1.54, 1.807) is 18.2 Å². The van der Waals surface area contributed by atoms with Gasteiger partial charge in [-0.15, -0.1) is 0 Å². The Kier molecular flexibility index (Phi) is 5.23. The molecule has 0 radical (unpaired) electrons. The normalized spacial score (nSPS) is 14.7. The van der Waals surface area contributed by atoms with Crippen LogP contribution in [-0.4, -0.2) is 15.7 Å². The first kappa shape index (κ1) is 18.6. The van der Waals surface area contributed by atoms with Gasteiger partial charge in [0.1, 0.15) is 16.0 Å². The zero-order valence-corrected chi connectivity index (χ0v) is 16.4. The highest BCUT2D eigenvalue weighted by molar-refractivity contribution is 9.10. The first-order valence-corrected chi connectivity index (χ1v) is 8.90. The maximum atomic E-state index is 8.89. The number of nitriles is 1. The lowest BCUT2D eigenvalue weighted by Gasteiger charge is -2.14. The Hall–Kier alpha value is -3.18. The molecule has 7 nitrogen and oxygen atoms in total. The molecule has 0 spiro atoms. The second kappa shape index (κ2) is 7.60. The number of aryl methyl sites for hydroxylation is 2. The first-order valence-electron chi connectivity index (χ1n) is 8.11. The van der Waals surface area contributed by atoms with Crippen molar-refractivity contribution in [2.45, 2.75) is 20.3 Å². The van der Waals surface area contributed by atoms with Gasteiger partial charge in [0.15, 0.2) is 0 Å². The number of ether oxygens (including phenoxy) is 1. The van der Waals surface area contributed by atoms with Gasteiger partial charge >= 0.3 is 0 Å². The summed E-state index contributed by atoms with van der Waals surface area (Å²) in [7, 11) is 0. The predicted molar refractivity (Wildman–Crippen MR) is 109 cm³/mol. The van der Waals surface area contributed by atoms with Gasteiger partial charge in [0.25, 0.3) is 5.95 Å². The molecule has 1 aromatic carbocycles. The molecule has 0 amide bonds. The van der Waals surface area contributed by atoms with E-state index in [2.05, 4.69) is 37.0 Å². The third kappa shape index (κ3) is 4.15. The maximum Gasteiger partial charge on any atom is 0.254 e. The molecule has 0 unspecified atom stereocenters. The van der Waals surface area contributed by atoms with Gasteiger partial charge in [0.2, 0.25) is 5.88 Å². The molecule has 1 aliphatic carbocycles. The quantitative estimate of drug-likeness (QED) is 0.707. The molecule has 2 aromatic rings. The standard InChI is InChI=1S/C19H17BrN6O/c1-10-7-13(22)8-11(2)16(10)27-18-15(20)17(23)25-19(26-18)24-14-5-3-12(9-21)4-6-14/h3-5,7-8H,6,22H2,1-2H3,(H2,23,25,26). The van der Waals surface area contributed by atoms with Crippen molar-refractivity contribution in [1.29, 1.82) is 5.26 Å². The van der Waals surface area contributed by atoms with Crippen molar-refractivity contribution in [3.63, 3.8) is 0 Å². The SMILES string of the molecule is Cc1cc(N)cc(C)c1Oc1nc(N=C2C=CC(C#N)=CC2)nc(N)c1Br. The van der Waals surface area contributed by atoms with E-state index in [-0.39, 0.29) is 17.6 Å². The minimum absolute atomic E-state index is 0.185. The van der Waals surface area contributed by atoms with Crippen LogP contribution in [-0.2, 0) is 0 Å². The van der Waals surface area contributed by atoms with Crippen LogP contribution in [0.5, 0.6) is 11.6 Å². The molecule has 136 valence electrons. The van der Waals surface area contributed by atoms with E-state index in [4.69, 9.17) is 21.5 Å².